The van der Waals surface area contributed by atoms with Gasteiger partial charge < -0.3 is 15.4 Å². The van der Waals surface area contributed by atoms with Gasteiger partial charge in [-0.05, 0) is 37.7 Å². The van der Waals surface area contributed by atoms with Crippen molar-refractivity contribution in [2.75, 3.05) is 30.4 Å². The Bertz CT molecular complexity index is 900. The quantitative estimate of drug-likeness (QED) is 0.444. The van der Waals surface area contributed by atoms with Gasteiger partial charge >= 0.3 is 0 Å². The van der Waals surface area contributed by atoms with Crippen molar-refractivity contribution in [1.82, 2.24) is 15.0 Å². The van der Waals surface area contributed by atoms with Crippen LogP contribution in [0.4, 0.5) is 11.6 Å². The number of ether oxygens (including phenoxy) is 1. The van der Waals surface area contributed by atoms with E-state index in [0.29, 0.717) is 33.8 Å². The van der Waals surface area contributed by atoms with Crippen molar-refractivity contribution in [3.8, 4) is 11.3 Å². The third kappa shape index (κ3) is 6.77. The number of aromatic nitrogens is 3. The number of carbonyl (C=O) groups excluding carboxylic acids is 1. The molecule has 0 bridgehead atoms. The van der Waals surface area contributed by atoms with E-state index in [2.05, 4.69) is 39.4 Å². The molecule has 3 rings (SSSR count). The molecule has 0 spiro atoms. The second-order valence-corrected chi connectivity index (χ2v) is 8.91. The van der Waals surface area contributed by atoms with Gasteiger partial charge in [-0.1, -0.05) is 49.9 Å². The molecular weight excluding hydrogens is 449 g/mol. The van der Waals surface area contributed by atoms with Gasteiger partial charge in [0.1, 0.15) is 17.3 Å². The topological polar surface area (TPSA) is 89.0 Å². The molecule has 0 aromatic carbocycles. The predicted octanol–water partition coefficient (Wildman–Crippen LogP) is 5.84. The fraction of sp³-hybridized carbons (Fsp3) is 0.565. The van der Waals surface area contributed by atoms with Crippen molar-refractivity contribution in [3.05, 3.63) is 28.6 Å². The standard InChI is InChI=1S/C23H31Cl2N5O2/c1-3-5-16(6-4-2)23(31)30-19-11-17(18(24)13-27-19)21-22(25)28-14-20(29-21)26-12-15-7-9-32-10-8-15/h11,13-16H,3-10,12H2,1-2H3,(H,26,29)(H,27,30,31). The first-order valence-corrected chi connectivity index (χ1v) is 12.1. The summed E-state index contributed by atoms with van der Waals surface area (Å²) in [4.78, 5) is 25.9. The van der Waals surface area contributed by atoms with E-state index in [0.717, 1.165) is 58.3 Å². The Morgan fingerprint density at radius 1 is 1.12 bits per heavy atom. The molecule has 3 heterocycles. The zero-order valence-corrected chi connectivity index (χ0v) is 20.2. The summed E-state index contributed by atoms with van der Waals surface area (Å²) in [5.41, 5.74) is 1.02. The zero-order valence-electron chi connectivity index (χ0n) is 18.7. The minimum Gasteiger partial charge on any atom is -0.381 e. The van der Waals surface area contributed by atoms with E-state index in [4.69, 9.17) is 27.9 Å². The SMILES string of the molecule is CCCC(CCC)C(=O)Nc1cc(-c2nc(NCC3CCOCC3)cnc2Cl)c(Cl)cn1. The molecule has 1 fully saturated rings. The fourth-order valence-corrected chi connectivity index (χ4v) is 4.24. The maximum atomic E-state index is 12.7. The molecule has 2 aromatic heterocycles. The number of amides is 1. The van der Waals surface area contributed by atoms with Crippen LogP contribution in [0.1, 0.15) is 52.4 Å². The van der Waals surface area contributed by atoms with Crippen LogP contribution in [-0.2, 0) is 9.53 Å². The summed E-state index contributed by atoms with van der Waals surface area (Å²) in [5.74, 6) is 1.52. The molecule has 1 amide bonds. The summed E-state index contributed by atoms with van der Waals surface area (Å²) in [7, 11) is 0. The Balaban J connectivity index is 1.77. The lowest BCUT2D eigenvalue weighted by Gasteiger charge is -2.22. The minimum atomic E-state index is -0.0352. The summed E-state index contributed by atoms with van der Waals surface area (Å²) in [6.45, 7) is 6.54. The van der Waals surface area contributed by atoms with Crippen LogP contribution in [-0.4, -0.2) is 40.6 Å². The van der Waals surface area contributed by atoms with Crippen molar-refractivity contribution in [2.45, 2.75) is 52.4 Å². The summed E-state index contributed by atoms with van der Waals surface area (Å²) in [5, 5.41) is 6.89. The molecule has 174 valence electrons. The number of hydrogen-bond acceptors (Lipinski definition) is 6. The van der Waals surface area contributed by atoms with Crippen LogP contribution in [0.25, 0.3) is 11.3 Å². The van der Waals surface area contributed by atoms with E-state index < -0.39 is 0 Å². The first kappa shape index (κ1) is 24.7. The van der Waals surface area contributed by atoms with Gasteiger partial charge in [0.15, 0.2) is 5.15 Å². The maximum Gasteiger partial charge on any atom is 0.228 e. The van der Waals surface area contributed by atoms with Gasteiger partial charge in [-0.25, -0.2) is 15.0 Å². The highest BCUT2D eigenvalue weighted by atomic mass is 35.5. The molecule has 0 atom stereocenters. The molecule has 1 aliphatic rings. The summed E-state index contributed by atoms with van der Waals surface area (Å²) < 4.78 is 5.41. The minimum absolute atomic E-state index is 0.0291. The van der Waals surface area contributed by atoms with Crippen molar-refractivity contribution in [1.29, 1.82) is 0 Å². The van der Waals surface area contributed by atoms with Crippen LogP contribution in [0.2, 0.25) is 10.2 Å². The van der Waals surface area contributed by atoms with Crippen molar-refractivity contribution in [3.63, 3.8) is 0 Å². The van der Waals surface area contributed by atoms with E-state index >= 15 is 0 Å². The number of halogens is 2. The number of pyridine rings is 1. The van der Waals surface area contributed by atoms with Crippen LogP contribution < -0.4 is 10.6 Å². The lowest BCUT2D eigenvalue weighted by atomic mass is 9.97. The molecule has 32 heavy (non-hydrogen) atoms. The number of nitrogens with zero attached hydrogens (tertiary/aromatic N) is 3. The molecule has 2 aromatic rings. The lowest BCUT2D eigenvalue weighted by molar-refractivity contribution is -0.120. The number of anilines is 2. The molecule has 7 nitrogen and oxygen atoms in total. The molecule has 1 aliphatic heterocycles. The van der Waals surface area contributed by atoms with E-state index in [1.54, 1.807) is 12.3 Å². The normalized spacial score (nSPS) is 14.5. The summed E-state index contributed by atoms with van der Waals surface area (Å²) in [6, 6.07) is 1.70. The van der Waals surface area contributed by atoms with Crippen molar-refractivity contribution < 1.29 is 9.53 Å². The number of rotatable bonds is 10. The molecule has 0 radical (unpaired) electrons. The monoisotopic (exact) mass is 479 g/mol. The molecule has 0 aliphatic carbocycles. The largest absolute Gasteiger partial charge is 0.381 e. The van der Waals surface area contributed by atoms with E-state index in [1.807, 2.05) is 0 Å². The van der Waals surface area contributed by atoms with Gasteiger partial charge in [0.25, 0.3) is 0 Å². The summed E-state index contributed by atoms with van der Waals surface area (Å²) in [6.07, 6.45) is 8.77. The Morgan fingerprint density at radius 2 is 1.84 bits per heavy atom. The average Bonchev–Trinajstić information content (AvgIpc) is 2.80. The van der Waals surface area contributed by atoms with E-state index in [1.165, 1.54) is 6.20 Å². The van der Waals surface area contributed by atoms with E-state index in [-0.39, 0.29) is 17.0 Å². The smallest absolute Gasteiger partial charge is 0.228 e. The molecule has 0 unspecified atom stereocenters. The molecule has 2 N–H and O–H groups in total. The highest BCUT2D eigenvalue weighted by molar-refractivity contribution is 6.35. The number of nitrogens with one attached hydrogen (secondary N) is 2. The Kier molecular flexibility index (Phi) is 9.51. The average molecular weight is 480 g/mol. The van der Waals surface area contributed by atoms with E-state index in [9.17, 15) is 4.79 Å². The third-order valence-corrected chi connectivity index (χ3v) is 6.23. The van der Waals surface area contributed by atoms with Crippen molar-refractivity contribution in [2.24, 2.45) is 11.8 Å². The first-order chi connectivity index (χ1) is 15.5. The molecule has 9 heteroatoms. The highest BCUT2D eigenvalue weighted by Gasteiger charge is 2.19. The molecule has 0 saturated carbocycles. The summed E-state index contributed by atoms with van der Waals surface area (Å²) >= 11 is 12.8. The lowest BCUT2D eigenvalue weighted by Crippen LogP contribution is -2.23. The van der Waals surface area contributed by atoms with Crippen LogP contribution in [0.3, 0.4) is 0 Å². The van der Waals surface area contributed by atoms with Crippen LogP contribution in [0, 0.1) is 11.8 Å². The highest BCUT2D eigenvalue weighted by Crippen LogP contribution is 2.33. The van der Waals surface area contributed by atoms with Crippen LogP contribution >= 0.6 is 23.2 Å². The van der Waals surface area contributed by atoms with Gasteiger partial charge in [-0.15, -0.1) is 0 Å². The maximum absolute atomic E-state index is 12.7. The molecular formula is C23H31Cl2N5O2. The van der Waals surface area contributed by atoms with Gasteiger partial charge in [0.05, 0.1) is 11.2 Å². The van der Waals surface area contributed by atoms with Crippen LogP contribution in [0.15, 0.2) is 18.5 Å². The molecule has 1 saturated heterocycles. The van der Waals surface area contributed by atoms with Crippen molar-refractivity contribution >= 4 is 40.7 Å². The second-order valence-electron chi connectivity index (χ2n) is 8.14. The number of hydrogen-bond donors (Lipinski definition) is 2. The fourth-order valence-electron chi connectivity index (χ4n) is 3.85. The van der Waals surface area contributed by atoms with Crippen LogP contribution in [0.5, 0.6) is 0 Å². The predicted molar refractivity (Wildman–Crippen MR) is 129 cm³/mol. The van der Waals surface area contributed by atoms with Gasteiger partial charge in [0, 0.05) is 37.4 Å². The Morgan fingerprint density at radius 3 is 2.53 bits per heavy atom. The van der Waals surface area contributed by atoms with Gasteiger partial charge in [0.2, 0.25) is 5.91 Å². The number of carbonyl (C=O) groups is 1. The third-order valence-electron chi connectivity index (χ3n) is 5.65. The zero-order chi connectivity index (χ0) is 22.9. The Hall–Kier alpha value is -1.96. The first-order valence-electron chi connectivity index (χ1n) is 11.3. The van der Waals surface area contributed by atoms with Gasteiger partial charge in [-0.3, -0.25) is 4.79 Å². The Labute approximate surface area is 199 Å². The van der Waals surface area contributed by atoms with Gasteiger partial charge in [-0.2, -0.15) is 0 Å². The second kappa shape index (κ2) is 12.3.